The number of carboxylic acid groups (broad SMARTS) is 1. The number of nitrogens with one attached hydrogen (secondary N) is 2. The molecule has 0 aliphatic rings. The zero-order valence-electron chi connectivity index (χ0n) is 15.9. The van der Waals surface area contributed by atoms with E-state index in [-0.39, 0.29) is 6.42 Å². The minimum absolute atomic E-state index is 0.0293. The number of amides is 2. The number of hydrogen-bond donors (Lipinski definition) is 3. The second-order valence-electron chi connectivity index (χ2n) is 6.33. The summed E-state index contributed by atoms with van der Waals surface area (Å²) in [6.45, 7) is -1.43. The lowest BCUT2D eigenvalue weighted by molar-refractivity contribution is -0.141. The first kappa shape index (κ1) is 22.5. The van der Waals surface area contributed by atoms with E-state index in [1.165, 1.54) is 0 Å². The lowest BCUT2D eigenvalue weighted by Crippen LogP contribution is -2.49. The number of benzene rings is 2. The van der Waals surface area contributed by atoms with Gasteiger partial charge < -0.3 is 15.2 Å². The number of aliphatic carboxylic acids is 1. The summed E-state index contributed by atoms with van der Waals surface area (Å²) >= 11 is 0. The summed E-state index contributed by atoms with van der Waals surface area (Å²) in [6, 6.07) is 15.5. The van der Waals surface area contributed by atoms with Gasteiger partial charge in [0.2, 0.25) is 0 Å². The van der Waals surface area contributed by atoms with Crippen molar-refractivity contribution in [1.29, 1.82) is 0 Å². The molecule has 0 spiro atoms. The van der Waals surface area contributed by atoms with Gasteiger partial charge in [0, 0.05) is 12.1 Å². The van der Waals surface area contributed by atoms with Crippen LogP contribution in [0.5, 0.6) is 0 Å². The molecule has 2 rings (SSSR count). The molecule has 3 N–H and O–H groups in total. The van der Waals surface area contributed by atoms with Gasteiger partial charge in [-0.1, -0.05) is 48.5 Å². The fraction of sp³-hybridized carbons (Fsp3) is 0.238. The molecule has 0 saturated heterocycles. The number of carbonyl (C=O) groups is 4. The smallest absolute Gasteiger partial charge is 0.412 e. The van der Waals surface area contributed by atoms with Gasteiger partial charge in [-0.2, -0.15) is 0 Å². The molecule has 2 aromatic carbocycles. The largest absolute Gasteiger partial charge is 0.481 e. The summed E-state index contributed by atoms with van der Waals surface area (Å²) in [7, 11) is 0. The third kappa shape index (κ3) is 7.34. The van der Waals surface area contributed by atoms with Crippen molar-refractivity contribution in [3.8, 4) is 0 Å². The number of ketones is 1. The minimum Gasteiger partial charge on any atom is -0.481 e. The second kappa shape index (κ2) is 11.3. The third-order valence-electron chi connectivity index (χ3n) is 4.04. The van der Waals surface area contributed by atoms with Crippen LogP contribution >= 0.6 is 0 Å². The van der Waals surface area contributed by atoms with Gasteiger partial charge in [-0.25, -0.2) is 9.18 Å². The number of hydrogen-bond acceptors (Lipinski definition) is 5. The number of halogens is 1. The summed E-state index contributed by atoms with van der Waals surface area (Å²) < 4.78 is 18.0. The Hall–Kier alpha value is -3.75. The Bertz CT molecular complexity index is 876. The maximum absolute atomic E-state index is 12.7. The Morgan fingerprint density at radius 1 is 0.967 bits per heavy atom. The number of ether oxygens (including phenoxy) is 1. The quantitative estimate of drug-likeness (QED) is 0.547. The van der Waals surface area contributed by atoms with Crippen molar-refractivity contribution >= 4 is 29.4 Å². The van der Waals surface area contributed by atoms with E-state index in [2.05, 4.69) is 10.6 Å². The zero-order valence-corrected chi connectivity index (χ0v) is 15.9. The molecular formula is C21H21FN2O6. The highest BCUT2D eigenvalue weighted by atomic mass is 19.1. The van der Waals surface area contributed by atoms with E-state index in [4.69, 9.17) is 9.84 Å². The molecule has 2 unspecified atom stereocenters. The minimum atomic E-state index is -1.57. The number of para-hydroxylation sites is 1. The summed E-state index contributed by atoms with van der Waals surface area (Å²) in [6.07, 6.45) is -3.11. The van der Waals surface area contributed by atoms with Crippen LogP contribution in [0.15, 0.2) is 60.7 Å². The van der Waals surface area contributed by atoms with Crippen LogP contribution < -0.4 is 10.6 Å². The summed E-state index contributed by atoms with van der Waals surface area (Å²) in [4.78, 5) is 47.5. The maximum atomic E-state index is 12.7. The molecule has 158 valence electrons. The average molecular weight is 416 g/mol. The van der Waals surface area contributed by atoms with Crippen molar-refractivity contribution in [3.63, 3.8) is 0 Å². The van der Waals surface area contributed by atoms with Crippen molar-refractivity contribution in [2.45, 2.75) is 25.0 Å². The van der Waals surface area contributed by atoms with Gasteiger partial charge in [-0.15, -0.1) is 0 Å². The Morgan fingerprint density at radius 3 is 2.13 bits per heavy atom. The predicted octanol–water partition coefficient (Wildman–Crippen LogP) is 2.34. The summed E-state index contributed by atoms with van der Waals surface area (Å²) in [5, 5.41) is 13.5. The number of carbonyl (C=O) groups excluding carboxylic acids is 3. The van der Waals surface area contributed by atoms with Gasteiger partial charge >= 0.3 is 12.1 Å². The molecule has 0 bridgehead atoms. The first-order valence-corrected chi connectivity index (χ1v) is 9.06. The number of rotatable bonds is 10. The van der Waals surface area contributed by atoms with Crippen LogP contribution in [0.3, 0.4) is 0 Å². The molecule has 0 radical (unpaired) electrons. The van der Waals surface area contributed by atoms with Crippen LogP contribution in [0.4, 0.5) is 14.9 Å². The van der Waals surface area contributed by atoms with E-state index in [0.717, 1.165) is 0 Å². The molecule has 2 aromatic rings. The molecule has 0 aliphatic heterocycles. The predicted molar refractivity (Wildman–Crippen MR) is 106 cm³/mol. The van der Waals surface area contributed by atoms with Crippen molar-refractivity contribution in [2.24, 2.45) is 0 Å². The van der Waals surface area contributed by atoms with Crippen LogP contribution in [0.25, 0.3) is 0 Å². The fourth-order valence-electron chi connectivity index (χ4n) is 2.59. The number of alkyl halides is 1. The van der Waals surface area contributed by atoms with Crippen LogP contribution in [-0.4, -0.2) is 47.7 Å². The Balaban J connectivity index is 2.14. The SMILES string of the molecule is O=C(O)CC(NC(=O)C(Cc1ccccc1)OC(=O)Nc1ccccc1)C(=O)CF. The summed E-state index contributed by atoms with van der Waals surface area (Å²) in [5.74, 6) is -3.38. The van der Waals surface area contributed by atoms with Crippen LogP contribution in [0.1, 0.15) is 12.0 Å². The standard InChI is InChI=1S/C21H21FN2O6/c22-13-17(25)16(12-19(26)27)24-20(28)18(11-14-7-3-1-4-8-14)30-21(29)23-15-9-5-2-6-10-15/h1-10,16,18H,11-13H2,(H,23,29)(H,24,28)(H,26,27). The number of anilines is 1. The van der Waals surface area contributed by atoms with Gasteiger partial charge in [-0.05, 0) is 17.7 Å². The van der Waals surface area contributed by atoms with E-state index < -0.39 is 49.0 Å². The third-order valence-corrected chi connectivity index (χ3v) is 4.04. The summed E-state index contributed by atoms with van der Waals surface area (Å²) in [5.41, 5.74) is 1.11. The Labute approximate surface area is 172 Å². The molecule has 0 aliphatic carbocycles. The average Bonchev–Trinajstić information content (AvgIpc) is 2.73. The normalized spacial score (nSPS) is 12.3. The molecule has 0 saturated carbocycles. The second-order valence-corrected chi connectivity index (χ2v) is 6.33. The van der Waals surface area contributed by atoms with Crippen molar-refractivity contribution in [3.05, 3.63) is 66.2 Å². The fourth-order valence-corrected chi connectivity index (χ4v) is 2.59. The van der Waals surface area contributed by atoms with Gasteiger partial charge in [0.15, 0.2) is 11.9 Å². The van der Waals surface area contributed by atoms with Crippen molar-refractivity contribution in [1.82, 2.24) is 5.32 Å². The molecule has 0 fully saturated rings. The molecular weight excluding hydrogens is 395 g/mol. The lowest BCUT2D eigenvalue weighted by atomic mass is 10.1. The van der Waals surface area contributed by atoms with E-state index in [1.807, 2.05) is 0 Å². The highest BCUT2D eigenvalue weighted by molar-refractivity contribution is 5.94. The molecule has 8 nitrogen and oxygen atoms in total. The topological polar surface area (TPSA) is 122 Å². The molecule has 2 atom stereocenters. The van der Waals surface area contributed by atoms with E-state index in [9.17, 15) is 23.6 Å². The highest BCUT2D eigenvalue weighted by Gasteiger charge is 2.29. The van der Waals surface area contributed by atoms with Gasteiger partial charge in [0.05, 0.1) is 6.42 Å². The van der Waals surface area contributed by atoms with Crippen LogP contribution in [0.2, 0.25) is 0 Å². The molecule has 0 heterocycles. The number of carboxylic acids is 1. The zero-order chi connectivity index (χ0) is 21.9. The van der Waals surface area contributed by atoms with E-state index in [0.29, 0.717) is 11.3 Å². The van der Waals surface area contributed by atoms with Gasteiger partial charge in [0.25, 0.3) is 5.91 Å². The Kier molecular flexibility index (Phi) is 8.49. The van der Waals surface area contributed by atoms with Crippen molar-refractivity contribution in [2.75, 3.05) is 12.0 Å². The molecule has 0 aromatic heterocycles. The first-order valence-electron chi connectivity index (χ1n) is 9.06. The van der Waals surface area contributed by atoms with Gasteiger partial charge in [-0.3, -0.25) is 19.7 Å². The number of Topliss-reactive ketones (excluding diaryl/α,β-unsaturated/α-hetero) is 1. The van der Waals surface area contributed by atoms with Crippen LogP contribution in [-0.2, 0) is 25.5 Å². The highest BCUT2D eigenvalue weighted by Crippen LogP contribution is 2.11. The molecule has 9 heteroatoms. The lowest BCUT2D eigenvalue weighted by Gasteiger charge is -2.21. The Morgan fingerprint density at radius 2 is 1.57 bits per heavy atom. The van der Waals surface area contributed by atoms with Crippen LogP contribution in [0, 0.1) is 0 Å². The monoisotopic (exact) mass is 416 g/mol. The van der Waals surface area contributed by atoms with E-state index in [1.54, 1.807) is 60.7 Å². The molecule has 30 heavy (non-hydrogen) atoms. The van der Waals surface area contributed by atoms with Crippen molar-refractivity contribution < 1.29 is 33.4 Å². The maximum Gasteiger partial charge on any atom is 0.412 e. The first-order chi connectivity index (χ1) is 14.4. The van der Waals surface area contributed by atoms with E-state index >= 15 is 0 Å². The van der Waals surface area contributed by atoms with Gasteiger partial charge in [0.1, 0.15) is 12.7 Å². The molecule has 2 amide bonds.